The van der Waals surface area contributed by atoms with Crippen LogP contribution >= 0.6 is 0 Å². The van der Waals surface area contributed by atoms with Gasteiger partial charge in [0.15, 0.2) is 0 Å². The first kappa shape index (κ1) is 19.7. The van der Waals surface area contributed by atoms with Crippen LogP contribution in [0.4, 0.5) is 0 Å². The molecule has 2 aliphatic carbocycles. The standard InChI is InChI=1S/C23H44N2/c1-3-5-6-7-19-10-14-21(15-11-19)23-24-16-22(17-25-23)20-12-8-18(4-2)9-13-20/h18-25H,3-17H2,1-2H3. The zero-order valence-electron chi connectivity index (χ0n) is 17.1. The second kappa shape index (κ2) is 10.3. The molecule has 2 heteroatoms. The summed E-state index contributed by atoms with van der Waals surface area (Å²) in [6, 6.07) is 0. The minimum absolute atomic E-state index is 0.611. The number of rotatable bonds is 7. The molecule has 0 bridgehead atoms. The molecule has 0 radical (unpaired) electrons. The van der Waals surface area contributed by atoms with E-state index in [1.807, 2.05) is 0 Å². The van der Waals surface area contributed by atoms with Crippen LogP contribution in [0.3, 0.4) is 0 Å². The van der Waals surface area contributed by atoms with Gasteiger partial charge in [0, 0.05) is 13.1 Å². The number of unbranched alkanes of at least 4 members (excludes halogenated alkanes) is 2. The van der Waals surface area contributed by atoms with Crippen molar-refractivity contribution in [2.45, 2.75) is 103 Å². The Hall–Kier alpha value is -0.0800. The highest BCUT2D eigenvalue weighted by molar-refractivity contribution is 4.88. The van der Waals surface area contributed by atoms with Crippen LogP contribution in [0.2, 0.25) is 0 Å². The lowest BCUT2D eigenvalue weighted by molar-refractivity contribution is 0.121. The van der Waals surface area contributed by atoms with Crippen molar-refractivity contribution in [3.8, 4) is 0 Å². The minimum atomic E-state index is 0.611. The molecule has 146 valence electrons. The van der Waals surface area contributed by atoms with Crippen LogP contribution < -0.4 is 10.6 Å². The molecule has 0 atom stereocenters. The van der Waals surface area contributed by atoms with Crippen molar-refractivity contribution in [1.82, 2.24) is 10.6 Å². The SMILES string of the molecule is CCCCCC1CCC(C2NCC(C3CCC(CC)CC3)CN2)CC1. The van der Waals surface area contributed by atoms with E-state index < -0.39 is 0 Å². The quantitative estimate of drug-likeness (QED) is 0.575. The van der Waals surface area contributed by atoms with Gasteiger partial charge < -0.3 is 10.6 Å². The summed E-state index contributed by atoms with van der Waals surface area (Å²) in [7, 11) is 0. The Morgan fingerprint density at radius 1 is 0.640 bits per heavy atom. The summed E-state index contributed by atoms with van der Waals surface area (Å²) < 4.78 is 0. The van der Waals surface area contributed by atoms with Gasteiger partial charge in [-0.3, -0.25) is 0 Å². The molecule has 1 saturated heterocycles. The molecule has 1 heterocycles. The second-order valence-electron chi connectivity index (χ2n) is 9.52. The van der Waals surface area contributed by atoms with E-state index in [1.54, 1.807) is 0 Å². The lowest BCUT2D eigenvalue weighted by Gasteiger charge is -2.42. The first-order valence-corrected chi connectivity index (χ1v) is 11.8. The van der Waals surface area contributed by atoms with Gasteiger partial charge in [0.2, 0.25) is 0 Å². The van der Waals surface area contributed by atoms with E-state index in [9.17, 15) is 0 Å². The Balaban J connectivity index is 1.33. The number of hydrogen-bond acceptors (Lipinski definition) is 2. The predicted octanol–water partition coefficient (Wildman–Crippen LogP) is 5.72. The van der Waals surface area contributed by atoms with Crippen molar-refractivity contribution in [2.75, 3.05) is 13.1 Å². The van der Waals surface area contributed by atoms with Crippen molar-refractivity contribution in [2.24, 2.45) is 29.6 Å². The maximum absolute atomic E-state index is 3.92. The molecule has 1 aliphatic heterocycles. The topological polar surface area (TPSA) is 24.1 Å². The second-order valence-corrected chi connectivity index (χ2v) is 9.52. The zero-order valence-corrected chi connectivity index (χ0v) is 17.1. The molecule has 0 aromatic carbocycles. The lowest BCUT2D eigenvalue weighted by Crippen LogP contribution is -2.58. The summed E-state index contributed by atoms with van der Waals surface area (Å²) in [5, 5.41) is 7.83. The van der Waals surface area contributed by atoms with E-state index in [0.29, 0.717) is 6.17 Å². The van der Waals surface area contributed by atoms with Gasteiger partial charge in [0.05, 0.1) is 6.17 Å². The van der Waals surface area contributed by atoms with Gasteiger partial charge in [-0.1, -0.05) is 71.6 Å². The highest BCUT2D eigenvalue weighted by atomic mass is 15.2. The Morgan fingerprint density at radius 3 is 1.84 bits per heavy atom. The maximum Gasteiger partial charge on any atom is 0.0600 e. The summed E-state index contributed by atoms with van der Waals surface area (Å²) in [6.45, 7) is 7.24. The molecular formula is C23H44N2. The lowest BCUT2D eigenvalue weighted by atomic mass is 9.74. The van der Waals surface area contributed by atoms with Crippen LogP contribution in [0.25, 0.3) is 0 Å². The van der Waals surface area contributed by atoms with Gasteiger partial charge in [0.25, 0.3) is 0 Å². The minimum Gasteiger partial charge on any atom is -0.301 e. The van der Waals surface area contributed by atoms with Crippen LogP contribution in [0.1, 0.15) is 97.3 Å². The number of hydrogen-bond donors (Lipinski definition) is 2. The van der Waals surface area contributed by atoms with Crippen molar-refractivity contribution >= 4 is 0 Å². The molecule has 0 unspecified atom stereocenters. The molecule has 2 saturated carbocycles. The van der Waals surface area contributed by atoms with Gasteiger partial charge >= 0.3 is 0 Å². The fourth-order valence-electron chi connectivity index (χ4n) is 5.93. The summed E-state index contributed by atoms with van der Waals surface area (Å²) >= 11 is 0. The van der Waals surface area contributed by atoms with Gasteiger partial charge in [-0.15, -0.1) is 0 Å². The smallest absolute Gasteiger partial charge is 0.0600 e. The third kappa shape index (κ3) is 5.70. The zero-order chi connectivity index (χ0) is 17.5. The summed E-state index contributed by atoms with van der Waals surface area (Å²) in [5.74, 6) is 4.82. The van der Waals surface area contributed by atoms with E-state index in [-0.39, 0.29) is 0 Å². The molecule has 0 amide bonds. The Kier molecular flexibility index (Phi) is 8.11. The predicted molar refractivity (Wildman–Crippen MR) is 109 cm³/mol. The van der Waals surface area contributed by atoms with Gasteiger partial charge in [0.1, 0.15) is 0 Å². The normalized spacial score (nSPS) is 40.1. The first-order valence-electron chi connectivity index (χ1n) is 11.8. The van der Waals surface area contributed by atoms with Crippen molar-refractivity contribution in [3.63, 3.8) is 0 Å². The maximum atomic E-state index is 3.92. The van der Waals surface area contributed by atoms with E-state index in [2.05, 4.69) is 24.5 Å². The van der Waals surface area contributed by atoms with Crippen molar-refractivity contribution < 1.29 is 0 Å². The molecule has 0 aromatic rings. The largest absolute Gasteiger partial charge is 0.301 e. The van der Waals surface area contributed by atoms with Crippen LogP contribution in [0.5, 0.6) is 0 Å². The van der Waals surface area contributed by atoms with E-state index in [4.69, 9.17) is 0 Å². The Bertz CT molecular complexity index is 345. The monoisotopic (exact) mass is 348 g/mol. The fourth-order valence-corrected chi connectivity index (χ4v) is 5.93. The van der Waals surface area contributed by atoms with Crippen LogP contribution in [-0.4, -0.2) is 19.3 Å². The molecule has 25 heavy (non-hydrogen) atoms. The third-order valence-electron chi connectivity index (χ3n) is 7.91. The molecule has 3 rings (SSSR count). The molecule has 3 fully saturated rings. The molecule has 2 N–H and O–H groups in total. The molecule has 0 aromatic heterocycles. The molecule has 3 aliphatic rings. The molecular weight excluding hydrogens is 304 g/mol. The summed E-state index contributed by atoms with van der Waals surface area (Å²) in [4.78, 5) is 0. The molecule has 2 nitrogen and oxygen atoms in total. The van der Waals surface area contributed by atoms with Crippen LogP contribution in [0.15, 0.2) is 0 Å². The van der Waals surface area contributed by atoms with Crippen molar-refractivity contribution in [1.29, 1.82) is 0 Å². The third-order valence-corrected chi connectivity index (χ3v) is 7.91. The fraction of sp³-hybridized carbons (Fsp3) is 1.00. The summed E-state index contributed by atoms with van der Waals surface area (Å²) in [5.41, 5.74) is 0. The highest BCUT2D eigenvalue weighted by Gasteiger charge is 2.33. The highest BCUT2D eigenvalue weighted by Crippen LogP contribution is 2.37. The van der Waals surface area contributed by atoms with Crippen molar-refractivity contribution in [3.05, 3.63) is 0 Å². The van der Waals surface area contributed by atoms with E-state index in [0.717, 1.165) is 29.6 Å². The number of nitrogens with one attached hydrogen (secondary N) is 2. The van der Waals surface area contributed by atoms with Gasteiger partial charge in [-0.25, -0.2) is 0 Å². The van der Waals surface area contributed by atoms with Crippen LogP contribution in [-0.2, 0) is 0 Å². The van der Waals surface area contributed by atoms with Crippen LogP contribution in [0, 0.1) is 29.6 Å². The first-order chi connectivity index (χ1) is 12.3. The van der Waals surface area contributed by atoms with Gasteiger partial charge in [-0.05, 0) is 55.3 Å². The summed E-state index contributed by atoms with van der Waals surface area (Å²) in [6.07, 6.45) is 19.6. The average molecular weight is 349 g/mol. The van der Waals surface area contributed by atoms with Gasteiger partial charge in [-0.2, -0.15) is 0 Å². The van der Waals surface area contributed by atoms with E-state index in [1.165, 1.54) is 96.6 Å². The average Bonchev–Trinajstić information content (AvgIpc) is 2.69. The molecule has 0 spiro atoms. The Labute approximate surface area is 157 Å². The Morgan fingerprint density at radius 2 is 1.24 bits per heavy atom. The van der Waals surface area contributed by atoms with E-state index >= 15 is 0 Å².